The number of hydrogen-bond donors (Lipinski definition) is 4. The van der Waals surface area contributed by atoms with E-state index in [0.717, 1.165) is 5.56 Å². The number of benzene rings is 2. The summed E-state index contributed by atoms with van der Waals surface area (Å²) in [4.78, 5) is 11.6. The Kier molecular flexibility index (Phi) is 7.53. The summed E-state index contributed by atoms with van der Waals surface area (Å²) in [6, 6.07) is 12.1. The second kappa shape index (κ2) is 9.64. The molecule has 2 rings (SSSR count). The highest BCUT2D eigenvalue weighted by atomic mass is 35.5. The molecule has 8 heteroatoms. The monoisotopic (exact) mass is 398 g/mol. The molecule has 0 aliphatic heterocycles. The van der Waals surface area contributed by atoms with Crippen LogP contribution in [0.15, 0.2) is 42.5 Å². The van der Waals surface area contributed by atoms with Gasteiger partial charge in [0.2, 0.25) is 0 Å². The molecule has 26 heavy (non-hydrogen) atoms. The summed E-state index contributed by atoms with van der Waals surface area (Å²) >= 11 is 12.1. The van der Waals surface area contributed by atoms with E-state index in [0.29, 0.717) is 5.69 Å². The molecule has 0 bridgehead atoms. The SMILES string of the molecule is Nc1cc(Cl)c(C(O)C(O)CCNC(=O)OCc2ccccc2)c(Cl)c1. The minimum Gasteiger partial charge on any atom is -0.445 e. The predicted molar refractivity (Wildman–Crippen MR) is 101 cm³/mol. The number of nitrogen functional groups attached to an aromatic ring is 1. The number of halogens is 2. The molecule has 0 fully saturated rings. The molecule has 0 saturated heterocycles. The maximum atomic E-state index is 11.6. The smallest absolute Gasteiger partial charge is 0.407 e. The fourth-order valence-electron chi connectivity index (χ4n) is 2.33. The quantitative estimate of drug-likeness (QED) is 0.535. The summed E-state index contributed by atoms with van der Waals surface area (Å²) in [5, 5.41) is 23.2. The molecule has 2 aromatic rings. The summed E-state index contributed by atoms with van der Waals surface area (Å²) in [5.74, 6) is 0. The molecule has 2 aromatic carbocycles. The number of aliphatic hydroxyl groups excluding tert-OH is 2. The van der Waals surface area contributed by atoms with Crippen molar-refractivity contribution in [3.05, 3.63) is 63.6 Å². The average Bonchev–Trinajstić information content (AvgIpc) is 2.59. The molecular weight excluding hydrogens is 379 g/mol. The van der Waals surface area contributed by atoms with Crippen LogP contribution < -0.4 is 11.1 Å². The highest BCUT2D eigenvalue weighted by Crippen LogP contribution is 2.34. The Morgan fingerprint density at radius 1 is 1.15 bits per heavy atom. The Morgan fingerprint density at radius 3 is 2.38 bits per heavy atom. The summed E-state index contributed by atoms with van der Waals surface area (Å²) in [6.45, 7) is 0.255. The van der Waals surface area contributed by atoms with Gasteiger partial charge in [0, 0.05) is 27.8 Å². The normalized spacial score (nSPS) is 13.1. The van der Waals surface area contributed by atoms with Crippen LogP contribution in [-0.4, -0.2) is 29.0 Å². The van der Waals surface area contributed by atoms with E-state index in [-0.39, 0.29) is 35.2 Å². The minimum atomic E-state index is -1.31. The lowest BCUT2D eigenvalue weighted by Gasteiger charge is -2.20. The third-order valence-electron chi connectivity index (χ3n) is 3.68. The summed E-state index contributed by atoms with van der Waals surface area (Å²) < 4.78 is 5.06. The zero-order valence-corrected chi connectivity index (χ0v) is 15.4. The van der Waals surface area contributed by atoms with Gasteiger partial charge in [0.15, 0.2) is 0 Å². The van der Waals surface area contributed by atoms with Crippen molar-refractivity contribution < 1.29 is 19.7 Å². The lowest BCUT2D eigenvalue weighted by molar-refractivity contribution is 0.0137. The molecule has 0 aromatic heterocycles. The predicted octanol–water partition coefficient (Wildman–Crippen LogP) is 3.29. The van der Waals surface area contributed by atoms with Crippen molar-refractivity contribution in [2.75, 3.05) is 12.3 Å². The minimum absolute atomic E-state index is 0.0820. The van der Waals surface area contributed by atoms with Gasteiger partial charge < -0.3 is 26.0 Å². The van der Waals surface area contributed by atoms with E-state index >= 15 is 0 Å². The first-order chi connectivity index (χ1) is 12.4. The van der Waals surface area contributed by atoms with E-state index in [2.05, 4.69) is 5.32 Å². The lowest BCUT2D eigenvalue weighted by atomic mass is 10.0. The highest BCUT2D eigenvalue weighted by molar-refractivity contribution is 6.36. The zero-order chi connectivity index (χ0) is 19.1. The van der Waals surface area contributed by atoms with Crippen LogP contribution in [0.5, 0.6) is 0 Å². The second-order valence-electron chi connectivity index (χ2n) is 5.69. The van der Waals surface area contributed by atoms with E-state index in [1.165, 1.54) is 12.1 Å². The number of alkyl carbamates (subject to hydrolysis) is 1. The van der Waals surface area contributed by atoms with Crippen molar-refractivity contribution in [3.8, 4) is 0 Å². The summed E-state index contributed by atoms with van der Waals surface area (Å²) in [7, 11) is 0. The first-order valence-corrected chi connectivity index (χ1v) is 8.69. The Labute approximate surface area is 161 Å². The van der Waals surface area contributed by atoms with Crippen molar-refractivity contribution >= 4 is 35.0 Å². The third-order valence-corrected chi connectivity index (χ3v) is 4.31. The summed E-state index contributed by atoms with van der Waals surface area (Å²) in [6.07, 6.45) is -3.02. The van der Waals surface area contributed by atoms with Crippen LogP contribution in [0.3, 0.4) is 0 Å². The van der Waals surface area contributed by atoms with Crippen LogP contribution in [0.2, 0.25) is 10.0 Å². The van der Waals surface area contributed by atoms with Gasteiger partial charge in [0.25, 0.3) is 0 Å². The van der Waals surface area contributed by atoms with Gasteiger partial charge in [-0.25, -0.2) is 4.79 Å². The molecule has 1 amide bonds. The standard InChI is InChI=1S/C18H20Cl2N2O4/c19-13-8-12(21)9-14(20)16(13)17(24)15(23)6-7-22-18(25)26-10-11-4-2-1-3-5-11/h1-5,8-9,15,17,23-24H,6-7,10,21H2,(H,22,25). The zero-order valence-electron chi connectivity index (χ0n) is 13.9. The van der Waals surface area contributed by atoms with Crippen molar-refractivity contribution in [2.45, 2.75) is 25.2 Å². The largest absolute Gasteiger partial charge is 0.445 e. The average molecular weight is 399 g/mol. The van der Waals surface area contributed by atoms with E-state index in [4.69, 9.17) is 33.7 Å². The first-order valence-electron chi connectivity index (χ1n) is 7.93. The fraction of sp³-hybridized carbons (Fsp3) is 0.278. The molecule has 0 aliphatic carbocycles. The van der Waals surface area contributed by atoms with Crippen molar-refractivity contribution in [1.29, 1.82) is 0 Å². The van der Waals surface area contributed by atoms with E-state index < -0.39 is 18.3 Å². The number of aliphatic hydroxyl groups is 2. The molecule has 0 radical (unpaired) electrons. The maximum Gasteiger partial charge on any atom is 0.407 e. The number of anilines is 1. The number of nitrogens with one attached hydrogen (secondary N) is 1. The van der Waals surface area contributed by atoms with Gasteiger partial charge in [-0.15, -0.1) is 0 Å². The molecule has 0 spiro atoms. The highest BCUT2D eigenvalue weighted by Gasteiger charge is 2.23. The number of rotatable bonds is 7. The Bertz CT molecular complexity index is 720. The first kappa shape index (κ1) is 20.3. The molecular formula is C18H20Cl2N2O4. The van der Waals surface area contributed by atoms with Crippen LogP contribution in [-0.2, 0) is 11.3 Å². The van der Waals surface area contributed by atoms with E-state index in [1.807, 2.05) is 30.3 Å². The van der Waals surface area contributed by atoms with Gasteiger partial charge in [-0.05, 0) is 24.1 Å². The Hall–Kier alpha value is -1.99. The third kappa shape index (κ3) is 5.78. The van der Waals surface area contributed by atoms with Gasteiger partial charge in [0.05, 0.1) is 6.10 Å². The maximum absolute atomic E-state index is 11.6. The van der Waals surface area contributed by atoms with Crippen LogP contribution >= 0.6 is 23.2 Å². The summed E-state index contributed by atoms with van der Waals surface area (Å²) in [5.41, 5.74) is 7.03. The Morgan fingerprint density at radius 2 is 1.77 bits per heavy atom. The number of nitrogens with two attached hydrogens (primary N) is 1. The second-order valence-corrected chi connectivity index (χ2v) is 6.50. The van der Waals surface area contributed by atoms with Gasteiger partial charge in [-0.1, -0.05) is 53.5 Å². The van der Waals surface area contributed by atoms with E-state index in [9.17, 15) is 15.0 Å². The molecule has 2 atom stereocenters. The molecule has 0 saturated carbocycles. The molecule has 6 nitrogen and oxygen atoms in total. The molecule has 140 valence electrons. The molecule has 2 unspecified atom stereocenters. The molecule has 5 N–H and O–H groups in total. The van der Waals surface area contributed by atoms with Gasteiger partial charge in [0.1, 0.15) is 12.7 Å². The van der Waals surface area contributed by atoms with Crippen LogP contribution in [0.1, 0.15) is 23.7 Å². The van der Waals surface area contributed by atoms with Crippen LogP contribution in [0.4, 0.5) is 10.5 Å². The van der Waals surface area contributed by atoms with Gasteiger partial charge in [-0.3, -0.25) is 0 Å². The topological polar surface area (TPSA) is 105 Å². The number of carbonyl (C=O) groups excluding carboxylic acids is 1. The van der Waals surface area contributed by atoms with E-state index in [1.54, 1.807) is 0 Å². The lowest BCUT2D eigenvalue weighted by Crippen LogP contribution is -2.30. The molecule has 0 aliphatic rings. The Balaban J connectivity index is 1.79. The van der Waals surface area contributed by atoms with Crippen molar-refractivity contribution in [1.82, 2.24) is 5.32 Å². The van der Waals surface area contributed by atoms with Gasteiger partial charge in [-0.2, -0.15) is 0 Å². The van der Waals surface area contributed by atoms with Crippen LogP contribution in [0.25, 0.3) is 0 Å². The van der Waals surface area contributed by atoms with Crippen molar-refractivity contribution in [2.24, 2.45) is 0 Å². The van der Waals surface area contributed by atoms with Gasteiger partial charge >= 0.3 is 6.09 Å². The number of carbonyl (C=O) groups is 1. The van der Waals surface area contributed by atoms with Crippen LogP contribution in [0, 0.1) is 0 Å². The van der Waals surface area contributed by atoms with Crippen molar-refractivity contribution in [3.63, 3.8) is 0 Å². The molecule has 0 heterocycles. The fourth-order valence-corrected chi connectivity index (χ4v) is 3.06. The number of hydrogen-bond acceptors (Lipinski definition) is 5. The number of amides is 1. The number of ether oxygens (including phenoxy) is 1.